The molecule has 0 radical (unpaired) electrons. The quantitative estimate of drug-likeness (QED) is 0.761. The first kappa shape index (κ1) is 14.0. The number of H-pyrrole nitrogens is 1. The summed E-state index contributed by atoms with van der Waals surface area (Å²) in [6, 6.07) is 13.7. The summed E-state index contributed by atoms with van der Waals surface area (Å²) in [5.74, 6) is -0.00688. The zero-order valence-electron chi connectivity index (χ0n) is 11.9. The number of aromatic amines is 1. The van der Waals surface area contributed by atoms with Gasteiger partial charge < -0.3 is 10.1 Å². The van der Waals surface area contributed by atoms with Crippen molar-refractivity contribution >= 4 is 23.2 Å². The molecule has 0 saturated heterocycles. The number of benzene rings is 2. The molecule has 23 heavy (non-hydrogen) atoms. The third kappa shape index (κ3) is 1.91. The van der Waals surface area contributed by atoms with Gasteiger partial charge >= 0.3 is 0 Å². The van der Waals surface area contributed by atoms with E-state index in [0.717, 1.165) is 0 Å². The summed E-state index contributed by atoms with van der Waals surface area (Å²) in [5.41, 5.74) is -0.212. The molecule has 1 aliphatic rings. The number of imidazole rings is 1. The summed E-state index contributed by atoms with van der Waals surface area (Å²) in [5, 5.41) is 12.0. The van der Waals surface area contributed by atoms with Crippen LogP contribution in [0.25, 0.3) is 0 Å². The number of hydrogen-bond acceptors (Lipinski definition) is 3. The van der Waals surface area contributed by atoms with Gasteiger partial charge in [0.25, 0.3) is 5.91 Å². The number of aromatic nitrogens is 2. The molecule has 0 unspecified atom stereocenters. The molecule has 1 atom stereocenters. The van der Waals surface area contributed by atoms with E-state index in [1.807, 2.05) is 0 Å². The van der Waals surface area contributed by atoms with Gasteiger partial charge in [-0.3, -0.25) is 9.69 Å². The fourth-order valence-electron chi connectivity index (χ4n) is 2.95. The zero-order chi connectivity index (χ0) is 16.0. The first-order valence-corrected chi connectivity index (χ1v) is 7.42. The molecule has 0 spiro atoms. The van der Waals surface area contributed by atoms with E-state index in [2.05, 4.69) is 9.97 Å². The molecule has 0 saturated carbocycles. The molecule has 0 fully saturated rings. The van der Waals surface area contributed by atoms with E-state index in [1.165, 1.54) is 4.90 Å². The minimum atomic E-state index is -1.69. The molecule has 2 N–H and O–H groups in total. The molecule has 4 rings (SSSR count). The fraction of sp³-hybridized carbons (Fsp3) is 0.0588. The standard InChI is InChI=1S/C17H12ClN3O2/c18-11-5-7-12(8-6-11)21-15(22)13-3-1-2-4-14(13)17(21,23)16-19-9-10-20-16/h1-10,23H,(H,19,20)/t17-/m1/s1. The molecule has 1 aromatic heterocycles. The topological polar surface area (TPSA) is 69.2 Å². The van der Waals surface area contributed by atoms with Crippen LogP contribution in [0.3, 0.4) is 0 Å². The summed E-state index contributed by atoms with van der Waals surface area (Å²) >= 11 is 5.93. The Kier molecular flexibility index (Phi) is 3.01. The van der Waals surface area contributed by atoms with Crippen LogP contribution in [0.5, 0.6) is 0 Å². The summed E-state index contributed by atoms with van der Waals surface area (Å²) in [6.07, 6.45) is 3.15. The Bertz CT molecular complexity index is 877. The second kappa shape index (κ2) is 4.94. The summed E-state index contributed by atoms with van der Waals surface area (Å²) in [7, 11) is 0. The molecular formula is C17H12ClN3O2. The Balaban J connectivity index is 1.98. The predicted molar refractivity (Wildman–Crippen MR) is 86.3 cm³/mol. The lowest BCUT2D eigenvalue weighted by molar-refractivity contribution is 0.0653. The lowest BCUT2D eigenvalue weighted by Gasteiger charge is -2.32. The number of nitrogens with zero attached hydrogens (tertiary/aromatic N) is 2. The van der Waals surface area contributed by atoms with E-state index >= 15 is 0 Å². The molecule has 1 amide bonds. The normalized spacial score (nSPS) is 19.9. The number of carbonyl (C=O) groups excluding carboxylic acids is 1. The van der Waals surface area contributed by atoms with Crippen molar-refractivity contribution in [1.29, 1.82) is 0 Å². The highest BCUT2D eigenvalue weighted by Gasteiger charge is 2.52. The van der Waals surface area contributed by atoms with Crippen LogP contribution in [0.4, 0.5) is 5.69 Å². The second-order valence-electron chi connectivity index (χ2n) is 5.27. The third-order valence-electron chi connectivity index (χ3n) is 3.97. The predicted octanol–water partition coefficient (Wildman–Crippen LogP) is 2.92. The Hall–Kier alpha value is -2.63. The Morgan fingerprint density at radius 3 is 2.57 bits per heavy atom. The van der Waals surface area contributed by atoms with E-state index in [4.69, 9.17) is 11.6 Å². The van der Waals surface area contributed by atoms with E-state index in [9.17, 15) is 9.90 Å². The monoisotopic (exact) mass is 325 g/mol. The van der Waals surface area contributed by atoms with Gasteiger partial charge in [-0.05, 0) is 30.3 Å². The summed E-state index contributed by atoms with van der Waals surface area (Å²) in [4.78, 5) is 21.3. The van der Waals surface area contributed by atoms with Gasteiger partial charge in [-0.2, -0.15) is 0 Å². The fourth-order valence-corrected chi connectivity index (χ4v) is 3.07. The van der Waals surface area contributed by atoms with Crippen molar-refractivity contribution in [3.05, 3.63) is 82.9 Å². The molecular weight excluding hydrogens is 314 g/mol. The van der Waals surface area contributed by atoms with Gasteiger partial charge in [-0.1, -0.05) is 29.8 Å². The van der Waals surface area contributed by atoms with Gasteiger partial charge in [0.2, 0.25) is 5.72 Å². The van der Waals surface area contributed by atoms with Crippen LogP contribution in [0, 0.1) is 0 Å². The van der Waals surface area contributed by atoms with Crippen LogP contribution in [-0.4, -0.2) is 21.0 Å². The molecule has 5 nitrogen and oxygen atoms in total. The minimum absolute atomic E-state index is 0.283. The van der Waals surface area contributed by atoms with Crippen LogP contribution >= 0.6 is 11.6 Å². The third-order valence-corrected chi connectivity index (χ3v) is 4.22. The summed E-state index contributed by atoms with van der Waals surface area (Å²) in [6.45, 7) is 0. The Morgan fingerprint density at radius 1 is 1.13 bits per heavy atom. The highest BCUT2D eigenvalue weighted by atomic mass is 35.5. The van der Waals surface area contributed by atoms with Crippen molar-refractivity contribution in [1.82, 2.24) is 9.97 Å². The van der Waals surface area contributed by atoms with Crippen molar-refractivity contribution in [2.24, 2.45) is 0 Å². The minimum Gasteiger partial charge on any atom is -0.360 e. The number of hydrogen-bond donors (Lipinski definition) is 2. The number of rotatable bonds is 2. The average Bonchev–Trinajstić information content (AvgIpc) is 3.17. The van der Waals surface area contributed by atoms with E-state index in [0.29, 0.717) is 21.8 Å². The smallest absolute Gasteiger partial charge is 0.261 e. The van der Waals surface area contributed by atoms with Crippen LogP contribution in [0.2, 0.25) is 5.02 Å². The highest BCUT2D eigenvalue weighted by Crippen LogP contribution is 2.43. The Labute approximate surface area is 137 Å². The number of carbonyl (C=O) groups is 1. The number of amides is 1. The van der Waals surface area contributed by atoms with Crippen LogP contribution in [-0.2, 0) is 5.72 Å². The molecule has 0 aliphatic carbocycles. The van der Waals surface area contributed by atoms with Crippen molar-refractivity contribution in [3.8, 4) is 0 Å². The van der Waals surface area contributed by atoms with Crippen molar-refractivity contribution in [2.75, 3.05) is 4.90 Å². The Morgan fingerprint density at radius 2 is 1.87 bits per heavy atom. The van der Waals surface area contributed by atoms with Gasteiger partial charge in [-0.25, -0.2) is 4.98 Å². The van der Waals surface area contributed by atoms with Gasteiger partial charge in [0.1, 0.15) is 0 Å². The molecule has 1 aliphatic heterocycles. The summed E-state index contributed by atoms with van der Waals surface area (Å²) < 4.78 is 0. The SMILES string of the molecule is O=C1c2ccccc2[C@@](O)(c2ncc[nH]2)N1c1ccc(Cl)cc1. The van der Waals surface area contributed by atoms with Crippen molar-refractivity contribution < 1.29 is 9.90 Å². The number of nitrogens with one attached hydrogen (secondary N) is 1. The van der Waals surface area contributed by atoms with Gasteiger partial charge in [0.15, 0.2) is 5.82 Å². The first-order chi connectivity index (χ1) is 11.1. The largest absolute Gasteiger partial charge is 0.360 e. The number of anilines is 1. The molecule has 0 bridgehead atoms. The lowest BCUT2D eigenvalue weighted by atomic mass is 10.0. The van der Waals surface area contributed by atoms with Gasteiger partial charge in [0, 0.05) is 34.2 Å². The molecule has 3 aromatic rings. The van der Waals surface area contributed by atoms with Crippen LogP contribution in [0.1, 0.15) is 21.7 Å². The maximum Gasteiger partial charge on any atom is 0.261 e. The number of halogens is 1. The molecule has 2 aromatic carbocycles. The van der Waals surface area contributed by atoms with E-state index in [1.54, 1.807) is 60.9 Å². The van der Waals surface area contributed by atoms with Crippen molar-refractivity contribution in [2.45, 2.75) is 5.72 Å². The van der Waals surface area contributed by atoms with Gasteiger partial charge in [-0.15, -0.1) is 0 Å². The van der Waals surface area contributed by atoms with Gasteiger partial charge in [0.05, 0.1) is 0 Å². The van der Waals surface area contributed by atoms with Crippen molar-refractivity contribution in [3.63, 3.8) is 0 Å². The average molecular weight is 326 g/mol. The first-order valence-electron chi connectivity index (χ1n) is 7.04. The van der Waals surface area contributed by atoms with Crippen LogP contribution in [0.15, 0.2) is 60.9 Å². The number of aliphatic hydroxyl groups is 1. The highest BCUT2D eigenvalue weighted by molar-refractivity contribution is 6.30. The molecule has 114 valence electrons. The maximum atomic E-state index is 12.9. The molecule has 2 heterocycles. The van der Waals surface area contributed by atoms with E-state index in [-0.39, 0.29) is 11.7 Å². The van der Waals surface area contributed by atoms with E-state index < -0.39 is 5.72 Å². The van der Waals surface area contributed by atoms with Crippen LogP contribution < -0.4 is 4.90 Å². The maximum absolute atomic E-state index is 12.9. The number of fused-ring (bicyclic) bond motifs is 1. The molecule has 6 heteroatoms. The second-order valence-corrected chi connectivity index (χ2v) is 5.71. The zero-order valence-corrected chi connectivity index (χ0v) is 12.7. The lowest BCUT2D eigenvalue weighted by Crippen LogP contribution is -2.45.